The van der Waals surface area contributed by atoms with E-state index in [1.165, 1.54) is 12.1 Å². The molecule has 3 aromatic carbocycles. The van der Waals surface area contributed by atoms with Crippen molar-refractivity contribution in [2.24, 2.45) is 0 Å². The molecule has 1 unspecified atom stereocenters. The quantitative estimate of drug-likeness (QED) is 0.613. The number of rotatable bonds is 6. The molecule has 34 heavy (non-hydrogen) atoms. The first-order chi connectivity index (χ1) is 16.6. The Morgan fingerprint density at radius 1 is 0.941 bits per heavy atom. The van der Waals surface area contributed by atoms with Crippen LogP contribution in [0.15, 0.2) is 84.9 Å². The van der Waals surface area contributed by atoms with Gasteiger partial charge < -0.3 is 10.1 Å². The highest BCUT2D eigenvalue weighted by atomic mass is 19.1. The van der Waals surface area contributed by atoms with Crippen LogP contribution < -0.4 is 5.32 Å². The van der Waals surface area contributed by atoms with Crippen molar-refractivity contribution >= 4 is 12.0 Å². The summed E-state index contributed by atoms with van der Waals surface area (Å²) in [5.41, 5.74) is 1.69. The normalized spacial score (nSPS) is 19.4. The number of carbonyl (C=O) groups is 2. The Bertz CT molecular complexity index is 1120. The van der Waals surface area contributed by atoms with Crippen molar-refractivity contribution in [3.05, 3.63) is 107 Å². The number of hydrogen-bond acceptors (Lipinski definition) is 4. The number of cyclic esters (lactones) is 1. The lowest BCUT2D eigenvalue weighted by Crippen LogP contribution is -2.58. The molecule has 2 fully saturated rings. The molecule has 0 radical (unpaired) electrons. The third-order valence-corrected chi connectivity index (χ3v) is 6.59. The molecule has 0 aromatic heterocycles. The van der Waals surface area contributed by atoms with Crippen LogP contribution in [-0.4, -0.2) is 54.0 Å². The molecule has 0 bridgehead atoms. The Balaban J connectivity index is 1.36. The average Bonchev–Trinajstić information content (AvgIpc) is 3.17. The number of piperazine rings is 1. The van der Waals surface area contributed by atoms with Crippen LogP contribution in [0.2, 0.25) is 0 Å². The van der Waals surface area contributed by atoms with E-state index >= 15 is 0 Å². The fourth-order valence-electron chi connectivity index (χ4n) is 4.92. The van der Waals surface area contributed by atoms with Gasteiger partial charge >= 0.3 is 6.09 Å². The van der Waals surface area contributed by atoms with E-state index in [4.69, 9.17) is 4.74 Å². The van der Waals surface area contributed by atoms with Gasteiger partial charge in [-0.1, -0.05) is 72.8 Å². The van der Waals surface area contributed by atoms with Crippen molar-refractivity contribution in [1.82, 2.24) is 15.1 Å². The van der Waals surface area contributed by atoms with E-state index in [0.717, 1.165) is 16.7 Å². The first kappa shape index (κ1) is 22.1. The molecule has 2 heterocycles. The average molecular weight is 460 g/mol. The molecule has 174 valence electrons. The van der Waals surface area contributed by atoms with Crippen molar-refractivity contribution in [2.75, 3.05) is 26.2 Å². The van der Waals surface area contributed by atoms with Gasteiger partial charge in [-0.3, -0.25) is 14.6 Å². The van der Waals surface area contributed by atoms with Crippen molar-refractivity contribution in [2.45, 2.75) is 18.2 Å². The Morgan fingerprint density at radius 3 is 2.18 bits per heavy atom. The van der Waals surface area contributed by atoms with Gasteiger partial charge in [0.05, 0.1) is 12.6 Å². The van der Waals surface area contributed by atoms with Crippen LogP contribution in [0.4, 0.5) is 9.18 Å². The van der Waals surface area contributed by atoms with Gasteiger partial charge in [-0.15, -0.1) is 0 Å². The summed E-state index contributed by atoms with van der Waals surface area (Å²) in [7, 11) is 0. The molecule has 2 saturated heterocycles. The molecule has 1 N–H and O–H groups in total. The Morgan fingerprint density at radius 2 is 1.56 bits per heavy atom. The van der Waals surface area contributed by atoms with E-state index in [2.05, 4.69) is 10.2 Å². The highest BCUT2D eigenvalue weighted by Crippen LogP contribution is 2.45. The van der Waals surface area contributed by atoms with E-state index in [0.29, 0.717) is 26.2 Å². The van der Waals surface area contributed by atoms with E-state index < -0.39 is 5.60 Å². The largest absolute Gasteiger partial charge is 0.431 e. The Hall–Kier alpha value is -3.71. The standard InChI is InChI=1S/C27H26FN3O3/c28-23-13-11-20(12-14-23)17-29-25(32)19-30-15-16-31-24(18-30)27(34-26(31)33,21-7-3-1-4-8-21)22-9-5-2-6-10-22/h1-14,24H,15-19H2,(H,29,32). The number of ether oxygens (including phenoxy) is 1. The number of fused-ring (bicyclic) bond motifs is 1. The number of benzene rings is 3. The number of halogens is 1. The van der Waals surface area contributed by atoms with E-state index in [9.17, 15) is 14.0 Å². The van der Waals surface area contributed by atoms with Crippen LogP contribution in [0.1, 0.15) is 16.7 Å². The molecule has 0 aliphatic carbocycles. The predicted molar refractivity (Wildman–Crippen MR) is 125 cm³/mol. The lowest BCUT2D eigenvalue weighted by atomic mass is 9.79. The molecule has 7 heteroatoms. The summed E-state index contributed by atoms with van der Waals surface area (Å²) in [6.07, 6.45) is -0.335. The van der Waals surface area contributed by atoms with Crippen molar-refractivity contribution in [3.8, 4) is 0 Å². The topological polar surface area (TPSA) is 61.9 Å². The Kier molecular flexibility index (Phi) is 6.02. The highest BCUT2D eigenvalue weighted by Gasteiger charge is 2.57. The van der Waals surface area contributed by atoms with Gasteiger partial charge in [-0.2, -0.15) is 0 Å². The monoisotopic (exact) mass is 459 g/mol. The Labute approximate surface area is 197 Å². The third-order valence-electron chi connectivity index (χ3n) is 6.59. The van der Waals surface area contributed by atoms with Gasteiger partial charge in [0.1, 0.15) is 5.82 Å². The summed E-state index contributed by atoms with van der Waals surface area (Å²) in [5, 5.41) is 2.90. The summed E-state index contributed by atoms with van der Waals surface area (Å²) >= 11 is 0. The molecule has 1 atom stereocenters. The van der Waals surface area contributed by atoms with Crippen molar-refractivity contribution < 1.29 is 18.7 Å². The van der Waals surface area contributed by atoms with Gasteiger partial charge in [0.25, 0.3) is 0 Å². The molecule has 0 spiro atoms. The minimum Gasteiger partial charge on any atom is -0.431 e. The van der Waals surface area contributed by atoms with Crippen LogP contribution in [0, 0.1) is 5.82 Å². The number of nitrogens with one attached hydrogen (secondary N) is 1. The molecule has 3 aromatic rings. The molecule has 2 amide bonds. The summed E-state index contributed by atoms with van der Waals surface area (Å²) < 4.78 is 19.3. The lowest BCUT2D eigenvalue weighted by molar-refractivity contribution is -0.123. The maximum Gasteiger partial charge on any atom is 0.411 e. The second-order valence-electron chi connectivity index (χ2n) is 8.68. The minimum absolute atomic E-state index is 0.118. The number of amides is 2. The highest BCUT2D eigenvalue weighted by molar-refractivity contribution is 5.78. The fraction of sp³-hybridized carbons (Fsp3) is 0.259. The third kappa shape index (κ3) is 4.15. The molecule has 6 nitrogen and oxygen atoms in total. The number of nitrogens with zero attached hydrogens (tertiary/aromatic N) is 2. The first-order valence-corrected chi connectivity index (χ1v) is 11.4. The van der Waals surface area contributed by atoms with Gasteiger partial charge in [0.15, 0.2) is 5.60 Å². The molecule has 0 saturated carbocycles. The molecular formula is C27H26FN3O3. The van der Waals surface area contributed by atoms with Gasteiger partial charge in [0, 0.05) is 37.3 Å². The van der Waals surface area contributed by atoms with Gasteiger partial charge in [-0.25, -0.2) is 9.18 Å². The molecule has 5 rings (SSSR count). The van der Waals surface area contributed by atoms with Crippen LogP contribution in [0.25, 0.3) is 0 Å². The van der Waals surface area contributed by atoms with E-state index in [1.807, 2.05) is 60.7 Å². The smallest absolute Gasteiger partial charge is 0.411 e. The summed E-state index contributed by atoms with van der Waals surface area (Å²) in [6, 6.07) is 25.4. The van der Waals surface area contributed by atoms with Crippen LogP contribution in [0.5, 0.6) is 0 Å². The molecule has 2 aliphatic rings. The second-order valence-corrected chi connectivity index (χ2v) is 8.68. The molecule has 2 aliphatic heterocycles. The fourth-order valence-corrected chi connectivity index (χ4v) is 4.92. The maximum absolute atomic E-state index is 13.1. The zero-order valence-corrected chi connectivity index (χ0v) is 18.7. The first-order valence-electron chi connectivity index (χ1n) is 11.4. The minimum atomic E-state index is -0.955. The number of carbonyl (C=O) groups excluding carboxylic acids is 2. The van der Waals surface area contributed by atoms with Crippen molar-refractivity contribution in [1.29, 1.82) is 0 Å². The van der Waals surface area contributed by atoms with Crippen LogP contribution in [0.3, 0.4) is 0 Å². The zero-order chi connectivity index (χ0) is 23.5. The van der Waals surface area contributed by atoms with Gasteiger partial charge in [0.2, 0.25) is 5.91 Å². The summed E-state index contributed by atoms with van der Waals surface area (Å²) in [4.78, 5) is 29.5. The van der Waals surface area contributed by atoms with Crippen LogP contribution in [-0.2, 0) is 21.7 Å². The van der Waals surface area contributed by atoms with Gasteiger partial charge in [-0.05, 0) is 17.7 Å². The summed E-state index contributed by atoms with van der Waals surface area (Å²) in [6.45, 7) is 2.10. The van der Waals surface area contributed by atoms with E-state index in [-0.39, 0.29) is 30.4 Å². The maximum atomic E-state index is 13.1. The lowest BCUT2D eigenvalue weighted by Gasteiger charge is -2.42. The SMILES string of the molecule is O=C(CN1CCN2C(=O)OC(c3ccccc3)(c3ccccc3)C2C1)NCc1ccc(F)cc1. The number of hydrogen-bond donors (Lipinski definition) is 1. The zero-order valence-electron chi connectivity index (χ0n) is 18.7. The van der Waals surface area contributed by atoms with Crippen LogP contribution >= 0.6 is 0 Å². The van der Waals surface area contributed by atoms with E-state index in [1.54, 1.807) is 17.0 Å². The summed E-state index contributed by atoms with van der Waals surface area (Å²) in [5.74, 6) is -0.422. The van der Waals surface area contributed by atoms with Crippen molar-refractivity contribution in [3.63, 3.8) is 0 Å². The second kappa shape index (κ2) is 9.27. The molecular weight excluding hydrogens is 433 g/mol. The predicted octanol–water partition coefficient (Wildman–Crippen LogP) is 3.52.